The lowest BCUT2D eigenvalue weighted by atomic mass is 9.93. The van der Waals surface area contributed by atoms with Gasteiger partial charge < -0.3 is 10.2 Å². The van der Waals surface area contributed by atoms with E-state index in [-0.39, 0.29) is 0 Å². The van der Waals surface area contributed by atoms with Crippen molar-refractivity contribution in [1.29, 1.82) is 0 Å². The number of rotatable bonds is 7. The van der Waals surface area contributed by atoms with Crippen LogP contribution in [-0.4, -0.2) is 38.1 Å². The summed E-state index contributed by atoms with van der Waals surface area (Å²) in [6, 6.07) is 0.656. The molecule has 0 heterocycles. The number of hydrogen-bond donors (Lipinski definition) is 1. The molecule has 0 spiro atoms. The average molecular weight is 250 g/mol. The molecule has 4 unspecified atom stereocenters. The van der Waals surface area contributed by atoms with E-state index in [2.05, 4.69) is 50.3 Å². The van der Waals surface area contributed by atoms with E-state index in [1.165, 1.54) is 25.8 Å². The van der Waals surface area contributed by atoms with Crippen molar-refractivity contribution in [2.75, 3.05) is 27.2 Å². The highest BCUT2D eigenvalue weighted by Gasteiger charge is 2.35. The first-order chi connectivity index (χ1) is 8.54. The van der Waals surface area contributed by atoms with Crippen LogP contribution in [0.3, 0.4) is 0 Å². The van der Waals surface area contributed by atoms with E-state index >= 15 is 0 Å². The van der Waals surface area contributed by atoms with Gasteiger partial charge in [0.05, 0.1) is 0 Å². The summed E-state index contributed by atoms with van der Waals surface area (Å²) in [5, 5.41) is 3.83. The monoisotopic (exact) mass is 250 g/mol. The summed E-state index contributed by atoms with van der Waals surface area (Å²) in [5.74, 6) is 3.46. The van der Waals surface area contributed by atoms with Crippen molar-refractivity contribution in [3.05, 3.63) is 12.2 Å². The van der Waals surface area contributed by atoms with E-state index in [4.69, 9.17) is 0 Å². The fourth-order valence-electron chi connectivity index (χ4n) is 3.68. The van der Waals surface area contributed by atoms with Crippen LogP contribution in [0.2, 0.25) is 0 Å². The van der Waals surface area contributed by atoms with Gasteiger partial charge in [0.25, 0.3) is 0 Å². The maximum absolute atomic E-state index is 3.83. The minimum absolute atomic E-state index is 0.656. The van der Waals surface area contributed by atoms with Gasteiger partial charge in [-0.25, -0.2) is 0 Å². The summed E-state index contributed by atoms with van der Waals surface area (Å²) < 4.78 is 0. The second-order valence-electron chi connectivity index (χ2n) is 7.04. The quantitative estimate of drug-likeness (QED) is 0.699. The molecule has 2 heteroatoms. The molecule has 0 amide bonds. The first-order valence-corrected chi connectivity index (χ1v) is 7.61. The summed E-state index contributed by atoms with van der Waals surface area (Å²) in [6.07, 6.45) is 9.03. The second kappa shape index (κ2) is 6.21. The van der Waals surface area contributed by atoms with E-state index in [0.29, 0.717) is 6.04 Å². The third-order valence-electron chi connectivity index (χ3n) is 4.43. The molecule has 1 N–H and O–H groups in total. The molecule has 0 saturated heterocycles. The molecule has 1 saturated carbocycles. The van der Waals surface area contributed by atoms with Gasteiger partial charge in [0.2, 0.25) is 0 Å². The van der Waals surface area contributed by atoms with Crippen LogP contribution in [0.4, 0.5) is 0 Å². The van der Waals surface area contributed by atoms with Crippen LogP contribution >= 0.6 is 0 Å². The summed E-state index contributed by atoms with van der Waals surface area (Å²) in [6.45, 7) is 7.03. The van der Waals surface area contributed by atoms with E-state index in [0.717, 1.165) is 30.2 Å². The van der Waals surface area contributed by atoms with Crippen molar-refractivity contribution in [3.63, 3.8) is 0 Å². The topological polar surface area (TPSA) is 15.3 Å². The lowest BCUT2D eigenvalue weighted by Gasteiger charge is -2.27. The van der Waals surface area contributed by atoms with Crippen LogP contribution in [-0.2, 0) is 0 Å². The summed E-state index contributed by atoms with van der Waals surface area (Å²) in [7, 11) is 4.35. The highest BCUT2D eigenvalue weighted by atomic mass is 15.1. The lowest BCUT2D eigenvalue weighted by molar-refractivity contribution is 0.285. The zero-order chi connectivity index (χ0) is 13.1. The van der Waals surface area contributed by atoms with E-state index in [1.807, 2.05) is 0 Å². The molecule has 2 nitrogen and oxygen atoms in total. The van der Waals surface area contributed by atoms with Crippen molar-refractivity contribution in [2.24, 2.45) is 23.7 Å². The Bertz CT molecular complexity index is 273. The standard InChI is InChI=1S/C16H30N2/c1-12(2)7-16(11-18(3)4)17-10-15-9-13-5-6-14(15)8-13/h5-6,12-17H,7-11H2,1-4H3. The SMILES string of the molecule is CC(C)CC(CN(C)C)NCC1CC2C=CC1C2. The highest BCUT2D eigenvalue weighted by Crippen LogP contribution is 2.42. The van der Waals surface area contributed by atoms with Gasteiger partial charge in [-0.1, -0.05) is 26.0 Å². The van der Waals surface area contributed by atoms with Crippen molar-refractivity contribution < 1.29 is 0 Å². The maximum atomic E-state index is 3.83. The fourth-order valence-corrected chi connectivity index (χ4v) is 3.68. The lowest BCUT2D eigenvalue weighted by Crippen LogP contribution is -2.42. The van der Waals surface area contributed by atoms with Crippen molar-refractivity contribution in [2.45, 2.75) is 39.2 Å². The van der Waals surface area contributed by atoms with Gasteiger partial charge in [0.15, 0.2) is 0 Å². The van der Waals surface area contributed by atoms with Gasteiger partial charge in [0, 0.05) is 12.6 Å². The van der Waals surface area contributed by atoms with Crippen molar-refractivity contribution in [3.8, 4) is 0 Å². The molecule has 0 aromatic rings. The Morgan fingerprint density at radius 1 is 1.22 bits per heavy atom. The molecule has 2 bridgehead atoms. The first kappa shape index (κ1) is 14.1. The molecular weight excluding hydrogens is 220 g/mol. The summed E-state index contributed by atoms with van der Waals surface area (Å²) in [4.78, 5) is 2.31. The third kappa shape index (κ3) is 3.83. The second-order valence-corrected chi connectivity index (χ2v) is 7.04. The van der Waals surface area contributed by atoms with Crippen LogP contribution in [0.25, 0.3) is 0 Å². The number of nitrogens with zero attached hydrogens (tertiary/aromatic N) is 1. The predicted molar refractivity (Wildman–Crippen MR) is 78.6 cm³/mol. The number of hydrogen-bond acceptors (Lipinski definition) is 2. The Kier molecular flexibility index (Phi) is 4.85. The van der Waals surface area contributed by atoms with Crippen molar-refractivity contribution in [1.82, 2.24) is 10.2 Å². The molecule has 4 atom stereocenters. The number of likely N-dealkylation sites (N-methyl/N-ethyl adjacent to an activating group) is 1. The average Bonchev–Trinajstić information content (AvgIpc) is 2.85. The van der Waals surface area contributed by atoms with Gasteiger partial charge in [0.1, 0.15) is 0 Å². The third-order valence-corrected chi connectivity index (χ3v) is 4.43. The van der Waals surface area contributed by atoms with E-state index in [9.17, 15) is 0 Å². The highest BCUT2D eigenvalue weighted by molar-refractivity contribution is 5.10. The zero-order valence-electron chi connectivity index (χ0n) is 12.5. The van der Waals surface area contributed by atoms with Gasteiger partial charge in [-0.05, 0) is 63.6 Å². The minimum atomic E-state index is 0.656. The van der Waals surface area contributed by atoms with Crippen LogP contribution in [0.5, 0.6) is 0 Å². The predicted octanol–water partition coefficient (Wildman–Crippen LogP) is 2.76. The largest absolute Gasteiger partial charge is 0.312 e. The summed E-state index contributed by atoms with van der Waals surface area (Å²) in [5.41, 5.74) is 0. The van der Waals surface area contributed by atoms with E-state index < -0.39 is 0 Å². The van der Waals surface area contributed by atoms with Gasteiger partial charge >= 0.3 is 0 Å². The molecule has 0 aliphatic heterocycles. The van der Waals surface area contributed by atoms with Crippen LogP contribution in [0.1, 0.15) is 33.1 Å². The number of nitrogens with one attached hydrogen (secondary N) is 1. The molecule has 0 aromatic heterocycles. The van der Waals surface area contributed by atoms with Crippen LogP contribution < -0.4 is 5.32 Å². The number of allylic oxidation sites excluding steroid dienone is 2. The Morgan fingerprint density at radius 2 is 2.00 bits per heavy atom. The smallest absolute Gasteiger partial charge is 0.0197 e. The molecule has 1 fully saturated rings. The zero-order valence-corrected chi connectivity index (χ0v) is 12.5. The normalized spacial score (nSPS) is 31.8. The Labute approximate surface area is 113 Å². The van der Waals surface area contributed by atoms with E-state index in [1.54, 1.807) is 0 Å². The minimum Gasteiger partial charge on any atom is -0.312 e. The van der Waals surface area contributed by atoms with Crippen LogP contribution in [0.15, 0.2) is 12.2 Å². The molecular formula is C16H30N2. The first-order valence-electron chi connectivity index (χ1n) is 7.61. The summed E-state index contributed by atoms with van der Waals surface area (Å²) >= 11 is 0. The molecule has 104 valence electrons. The number of fused-ring (bicyclic) bond motifs is 2. The molecule has 2 rings (SSSR count). The maximum Gasteiger partial charge on any atom is 0.0197 e. The molecule has 2 aliphatic rings. The van der Waals surface area contributed by atoms with Gasteiger partial charge in [-0.3, -0.25) is 0 Å². The fraction of sp³-hybridized carbons (Fsp3) is 0.875. The molecule has 0 aromatic carbocycles. The molecule has 0 radical (unpaired) electrons. The Hall–Kier alpha value is -0.340. The van der Waals surface area contributed by atoms with Crippen LogP contribution in [0, 0.1) is 23.7 Å². The molecule has 18 heavy (non-hydrogen) atoms. The molecule has 2 aliphatic carbocycles. The van der Waals surface area contributed by atoms with Gasteiger partial charge in [-0.2, -0.15) is 0 Å². The Morgan fingerprint density at radius 3 is 2.50 bits per heavy atom. The van der Waals surface area contributed by atoms with Crippen molar-refractivity contribution >= 4 is 0 Å². The van der Waals surface area contributed by atoms with Gasteiger partial charge in [-0.15, -0.1) is 0 Å². The Balaban J connectivity index is 1.76.